The van der Waals surface area contributed by atoms with E-state index in [1.165, 1.54) is 0 Å². The average Bonchev–Trinajstić information content (AvgIpc) is 2.37. The van der Waals surface area contributed by atoms with Crippen LogP contribution in [-0.4, -0.2) is 24.9 Å². The zero-order chi connectivity index (χ0) is 12.7. The third kappa shape index (κ3) is 3.45. The molecule has 2 N–H and O–H groups in total. The summed E-state index contributed by atoms with van der Waals surface area (Å²) in [5, 5.41) is 14.3. The molecule has 5 heteroatoms. The molecule has 1 rings (SSSR count). The molecule has 1 saturated carbocycles. The number of amides is 2. The van der Waals surface area contributed by atoms with E-state index in [1.807, 2.05) is 6.92 Å². The molecule has 0 spiro atoms. The van der Waals surface area contributed by atoms with Crippen molar-refractivity contribution in [3.63, 3.8) is 0 Å². The maximum atomic E-state index is 11.9. The van der Waals surface area contributed by atoms with Gasteiger partial charge in [-0.15, -0.1) is 0 Å². The fourth-order valence-electron chi connectivity index (χ4n) is 2.13. The second-order valence-corrected chi connectivity index (χ2v) is 4.39. The Bertz CT molecular complexity index is 327. The van der Waals surface area contributed by atoms with Crippen molar-refractivity contribution in [3.05, 3.63) is 0 Å². The summed E-state index contributed by atoms with van der Waals surface area (Å²) in [6.45, 7) is 2.31. The Morgan fingerprint density at radius 3 is 2.41 bits per heavy atom. The molecule has 1 aliphatic carbocycles. The zero-order valence-corrected chi connectivity index (χ0v) is 10.2. The van der Waals surface area contributed by atoms with E-state index in [0.29, 0.717) is 19.4 Å². The molecule has 0 heterocycles. The Labute approximate surface area is 102 Å². The predicted molar refractivity (Wildman–Crippen MR) is 62.8 cm³/mol. The number of nitrogens with one attached hydrogen (secondary N) is 2. The van der Waals surface area contributed by atoms with Gasteiger partial charge in [0.15, 0.2) is 0 Å². The molecule has 17 heavy (non-hydrogen) atoms. The van der Waals surface area contributed by atoms with Gasteiger partial charge >= 0.3 is 0 Å². The van der Waals surface area contributed by atoms with Crippen molar-refractivity contribution in [1.82, 2.24) is 10.6 Å². The van der Waals surface area contributed by atoms with Crippen LogP contribution in [0.4, 0.5) is 0 Å². The van der Waals surface area contributed by atoms with Gasteiger partial charge in [0, 0.05) is 6.54 Å². The minimum absolute atomic E-state index is 0.0455. The van der Waals surface area contributed by atoms with E-state index in [0.717, 1.165) is 19.3 Å². The molecule has 0 saturated heterocycles. The molecule has 0 unspecified atom stereocenters. The first-order valence-electron chi connectivity index (χ1n) is 6.11. The largest absolute Gasteiger partial charge is 0.355 e. The van der Waals surface area contributed by atoms with Gasteiger partial charge < -0.3 is 10.6 Å². The van der Waals surface area contributed by atoms with Crippen molar-refractivity contribution in [2.24, 2.45) is 5.41 Å². The fourth-order valence-corrected chi connectivity index (χ4v) is 2.13. The van der Waals surface area contributed by atoms with E-state index < -0.39 is 5.41 Å². The minimum Gasteiger partial charge on any atom is -0.355 e. The average molecular weight is 237 g/mol. The van der Waals surface area contributed by atoms with Gasteiger partial charge in [0.25, 0.3) is 0 Å². The summed E-state index contributed by atoms with van der Waals surface area (Å²) >= 11 is 0. The monoisotopic (exact) mass is 237 g/mol. The lowest BCUT2D eigenvalue weighted by Crippen LogP contribution is -2.45. The van der Waals surface area contributed by atoms with Crippen molar-refractivity contribution < 1.29 is 9.59 Å². The summed E-state index contributed by atoms with van der Waals surface area (Å²) < 4.78 is 0. The first kappa shape index (κ1) is 13.5. The summed E-state index contributed by atoms with van der Waals surface area (Å²) in [5.41, 5.74) is -0.912. The Balaban J connectivity index is 2.50. The molecule has 0 atom stereocenters. The van der Waals surface area contributed by atoms with Crippen molar-refractivity contribution in [2.45, 2.75) is 39.0 Å². The Kier molecular flexibility index (Phi) is 4.95. The molecule has 2 amide bonds. The van der Waals surface area contributed by atoms with Crippen molar-refractivity contribution >= 4 is 11.8 Å². The smallest absolute Gasteiger partial charge is 0.240 e. The summed E-state index contributed by atoms with van der Waals surface area (Å²) in [4.78, 5) is 23.2. The van der Waals surface area contributed by atoms with Crippen molar-refractivity contribution in [3.8, 4) is 6.07 Å². The van der Waals surface area contributed by atoms with Crippen LogP contribution in [0.15, 0.2) is 0 Å². The summed E-state index contributed by atoms with van der Waals surface area (Å²) in [7, 11) is 0. The van der Waals surface area contributed by atoms with Crippen LogP contribution in [0.1, 0.15) is 39.0 Å². The molecule has 0 aromatic rings. The number of carbonyl (C=O) groups is 2. The van der Waals surface area contributed by atoms with Crippen molar-refractivity contribution in [2.75, 3.05) is 13.1 Å². The quantitative estimate of drug-likeness (QED) is 0.755. The van der Waals surface area contributed by atoms with E-state index in [-0.39, 0.29) is 18.4 Å². The van der Waals surface area contributed by atoms with E-state index in [9.17, 15) is 9.59 Å². The topological polar surface area (TPSA) is 82.0 Å². The van der Waals surface area contributed by atoms with Gasteiger partial charge in [-0.2, -0.15) is 5.26 Å². The van der Waals surface area contributed by atoms with Gasteiger partial charge in [-0.05, 0) is 19.8 Å². The summed E-state index contributed by atoms with van der Waals surface area (Å²) in [5.74, 6) is -0.518. The second kappa shape index (κ2) is 6.24. The summed E-state index contributed by atoms with van der Waals surface area (Å²) in [6, 6.07) is 2.13. The van der Waals surface area contributed by atoms with E-state index in [2.05, 4.69) is 16.7 Å². The van der Waals surface area contributed by atoms with Gasteiger partial charge in [0.05, 0.1) is 12.6 Å². The van der Waals surface area contributed by atoms with Crippen LogP contribution >= 0.6 is 0 Å². The Hall–Kier alpha value is -1.57. The normalized spacial score (nSPS) is 17.9. The molecule has 5 nitrogen and oxygen atoms in total. The molecule has 0 bridgehead atoms. The Morgan fingerprint density at radius 2 is 1.88 bits per heavy atom. The number of likely N-dealkylation sites (N-methyl/N-ethyl adjacent to an activating group) is 1. The number of nitriles is 1. The lowest BCUT2D eigenvalue weighted by atomic mass is 9.74. The van der Waals surface area contributed by atoms with E-state index >= 15 is 0 Å². The highest BCUT2D eigenvalue weighted by Gasteiger charge is 2.39. The first-order chi connectivity index (χ1) is 8.14. The summed E-state index contributed by atoms with van der Waals surface area (Å²) in [6.07, 6.45) is 4.09. The van der Waals surface area contributed by atoms with Crippen molar-refractivity contribution in [1.29, 1.82) is 5.26 Å². The highest BCUT2D eigenvalue weighted by Crippen LogP contribution is 2.35. The highest BCUT2D eigenvalue weighted by atomic mass is 16.2. The van der Waals surface area contributed by atoms with Crippen LogP contribution in [0.3, 0.4) is 0 Å². The lowest BCUT2D eigenvalue weighted by molar-refractivity contribution is -0.132. The SMILES string of the molecule is CCNC(=O)CNC(=O)C1(C#N)CCCCC1. The van der Waals surface area contributed by atoms with Crippen LogP contribution in [0.5, 0.6) is 0 Å². The van der Waals surface area contributed by atoms with Gasteiger partial charge in [-0.3, -0.25) is 9.59 Å². The second-order valence-electron chi connectivity index (χ2n) is 4.39. The molecule has 1 fully saturated rings. The van der Waals surface area contributed by atoms with Gasteiger partial charge in [0.1, 0.15) is 5.41 Å². The highest BCUT2D eigenvalue weighted by molar-refractivity contribution is 5.89. The molecule has 0 aliphatic heterocycles. The zero-order valence-electron chi connectivity index (χ0n) is 10.2. The maximum Gasteiger partial charge on any atom is 0.240 e. The van der Waals surface area contributed by atoms with Crippen LogP contribution in [0, 0.1) is 16.7 Å². The molecule has 94 valence electrons. The van der Waals surface area contributed by atoms with Crippen LogP contribution in [0.25, 0.3) is 0 Å². The number of nitrogens with zero attached hydrogens (tertiary/aromatic N) is 1. The standard InChI is InChI=1S/C12H19N3O2/c1-2-14-10(16)8-15-11(17)12(9-13)6-4-3-5-7-12/h2-8H2,1H3,(H,14,16)(H,15,17). The minimum atomic E-state index is -0.912. The number of hydrogen-bond acceptors (Lipinski definition) is 3. The van der Waals surface area contributed by atoms with E-state index in [4.69, 9.17) is 5.26 Å². The van der Waals surface area contributed by atoms with Gasteiger partial charge in [0.2, 0.25) is 11.8 Å². The number of rotatable bonds is 4. The Morgan fingerprint density at radius 1 is 1.24 bits per heavy atom. The van der Waals surface area contributed by atoms with Gasteiger partial charge in [-0.1, -0.05) is 19.3 Å². The maximum absolute atomic E-state index is 11.9. The molecule has 1 aliphatic rings. The first-order valence-corrected chi connectivity index (χ1v) is 6.11. The molecule has 0 aromatic carbocycles. The van der Waals surface area contributed by atoms with Crippen LogP contribution in [0.2, 0.25) is 0 Å². The van der Waals surface area contributed by atoms with Gasteiger partial charge in [-0.25, -0.2) is 0 Å². The lowest BCUT2D eigenvalue weighted by Gasteiger charge is -2.28. The number of hydrogen-bond donors (Lipinski definition) is 2. The van der Waals surface area contributed by atoms with Crippen LogP contribution < -0.4 is 10.6 Å². The van der Waals surface area contributed by atoms with E-state index in [1.54, 1.807) is 0 Å². The molecule has 0 radical (unpaired) electrons. The molecular weight excluding hydrogens is 218 g/mol. The van der Waals surface area contributed by atoms with Crippen LogP contribution in [-0.2, 0) is 9.59 Å². The third-order valence-corrected chi connectivity index (χ3v) is 3.14. The molecule has 0 aromatic heterocycles. The predicted octanol–water partition coefficient (Wildman–Crippen LogP) is 0.713. The number of carbonyl (C=O) groups excluding carboxylic acids is 2. The molecular formula is C12H19N3O2. The fraction of sp³-hybridized carbons (Fsp3) is 0.750. The third-order valence-electron chi connectivity index (χ3n) is 3.14.